The Balaban J connectivity index is 3.25. The molecule has 0 saturated heterocycles. The van der Waals surface area contributed by atoms with Crippen LogP contribution in [0, 0.1) is 11.8 Å². The average Bonchev–Trinajstić information content (AvgIpc) is 2.59. The van der Waals surface area contributed by atoms with Gasteiger partial charge in [0.2, 0.25) is 0 Å². The summed E-state index contributed by atoms with van der Waals surface area (Å²) in [6, 6.07) is 0. The maximum Gasteiger partial charge on any atom is 0.114 e. The number of unbranched alkanes of at least 4 members (excludes halogenated alkanes) is 15. The minimum absolute atomic E-state index is 0.390. The van der Waals surface area contributed by atoms with E-state index in [4.69, 9.17) is 0 Å². The summed E-state index contributed by atoms with van der Waals surface area (Å²) in [4.78, 5) is 0. The van der Waals surface area contributed by atoms with Crippen LogP contribution in [0.2, 0.25) is 0 Å². The highest BCUT2D eigenvalue weighted by molar-refractivity contribution is 5.04. The molecule has 0 spiro atoms. The molecule has 1 atom stereocenters. The predicted molar refractivity (Wildman–Crippen MR) is 108 cm³/mol. The predicted octanol–water partition coefficient (Wildman–Crippen LogP) is 7.41. The second kappa shape index (κ2) is 20.6. The third kappa shape index (κ3) is 19.6. The molecule has 0 aliphatic rings. The van der Waals surface area contributed by atoms with Gasteiger partial charge in [-0.1, -0.05) is 110 Å². The van der Waals surface area contributed by atoms with E-state index in [1.807, 2.05) is 0 Å². The fourth-order valence-electron chi connectivity index (χ4n) is 3.08. The number of hydrogen-bond donors (Lipinski definition) is 1. The lowest BCUT2D eigenvalue weighted by Crippen LogP contribution is -2.02. The molecule has 1 nitrogen and oxygen atoms in total. The summed E-state index contributed by atoms with van der Waals surface area (Å²) in [6.45, 7) is 4.52. The van der Waals surface area contributed by atoms with E-state index in [0.717, 1.165) is 19.3 Å². The van der Waals surface area contributed by atoms with Crippen LogP contribution < -0.4 is 0 Å². The van der Waals surface area contributed by atoms with Crippen LogP contribution in [0.5, 0.6) is 0 Å². The Kier molecular flexibility index (Phi) is 20.2. The van der Waals surface area contributed by atoms with E-state index in [1.165, 1.54) is 96.3 Å². The monoisotopic (exact) mass is 336 g/mol. The van der Waals surface area contributed by atoms with Crippen LogP contribution >= 0.6 is 0 Å². The van der Waals surface area contributed by atoms with Gasteiger partial charge >= 0.3 is 0 Å². The molecule has 142 valence electrons. The van der Waals surface area contributed by atoms with Crippen LogP contribution in [0.25, 0.3) is 0 Å². The lowest BCUT2D eigenvalue weighted by molar-refractivity contribution is 0.217. The fourth-order valence-corrected chi connectivity index (χ4v) is 3.08. The molecule has 24 heavy (non-hydrogen) atoms. The molecular formula is C23H44O. The number of aliphatic hydroxyl groups is 1. The Morgan fingerprint density at radius 2 is 1.00 bits per heavy atom. The molecule has 0 rings (SSSR count). The number of rotatable bonds is 17. The summed E-state index contributed by atoms with van der Waals surface area (Å²) in [5, 5.41) is 9.84. The molecule has 0 unspecified atom stereocenters. The SMILES string of the molecule is CCCCCCCCCCCCC#C[C@@H](O)CCCCCCCC. The quantitative estimate of drug-likeness (QED) is 0.216. The second-order valence-electron chi connectivity index (χ2n) is 7.33. The Morgan fingerprint density at radius 1 is 0.583 bits per heavy atom. The van der Waals surface area contributed by atoms with Crippen molar-refractivity contribution < 1.29 is 5.11 Å². The van der Waals surface area contributed by atoms with Gasteiger partial charge in [-0.2, -0.15) is 0 Å². The van der Waals surface area contributed by atoms with Gasteiger partial charge in [-0.25, -0.2) is 0 Å². The summed E-state index contributed by atoms with van der Waals surface area (Å²) < 4.78 is 0. The molecule has 0 aromatic carbocycles. The molecule has 0 bridgehead atoms. The summed E-state index contributed by atoms with van der Waals surface area (Å²) in [6.07, 6.45) is 22.8. The summed E-state index contributed by atoms with van der Waals surface area (Å²) >= 11 is 0. The molecule has 0 aliphatic carbocycles. The second-order valence-corrected chi connectivity index (χ2v) is 7.33. The van der Waals surface area contributed by atoms with Crippen molar-refractivity contribution in [2.24, 2.45) is 0 Å². The third-order valence-electron chi connectivity index (χ3n) is 4.76. The first-order valence-electron chi connectivity index (χ1n) is 11.0. The van der Waals surface area contributed by atoms with E-state index < -0.39 is 0 Å². The lowest BCUT2D eigenvalue weighted by atomic mass is 10.1. The fraction of sp³-hybridized carbons (Fsp3) is 0.913. The van der Waals surface area contributed by atoms with Gasteiger partial charge < -0.3 is 5.11 Å². The first-order valence-corrected chi connectivity index (χ1v) is 11.0. The molecule has 0 fully saturated rings. The Bertz CT molecular complexity index is 286. The van der Waals surface area contributed by atoms with Crippen molar-refractivity contribution in [3.8, 4) is 11.8 Å². The Morgan fingerprint density at radius 3 is 1.50 bits per heavy atom. The van der Waals surface area contributed by atoms with Gasteiger partial charge in [-0.15, -0.1) is 5.92 Å². The minimum atomic E-state index is -0.390. The van der Waals surface area contributed by atoms with Gasteiger partial charge in [0.05, 0.1) is 0 Å². The zero-order chi connectivity index (χ0) is 17.7. The highest BCUT2D eigenvalue weighted by Crippen LogP contribution is 2.11. The Labute approximate surface area is 153 Å². The normalized spacial score (nSPS) is 12.0. The molecule has 0 heterocycles. The number of hydrogen-bond acceptors (Lipinski definition) is 1. The van der Waals surface area contributed by atoms with Gasteiger partial charge in [0, 0.05) is 6.42 Å². The van der Waals surface area contributed by atoms with Crippen LogP contribution in [0.4, 0.5) is 0 Å². The zero-order valence-electron chi connectivity index (χ0n) is 16.8. The van der Waals surface area contributed by atoms with Gasteiger partial charge in [0.15, 0.2) is 0 Å². The highest BCUT2D eigenvalue weighted by Gasteiger charge is 1.98. The topological polar surface area (TPSA) is 20.2 Å². The summed E-state index contributed by atoms with van der Waals surface area (Å²) in [5.74, 6) is 6.19. The Hall–Kier alpha value is -0.480. The van der Waals surface area contributed by atoms with E-state index >= 15 is 0 Å². The molecule has 0 aromatic heterocycles. The summed E-state index contributed by atoms with van der Waals surface area (Å²) in [5.41, 5.74) is 0. The van der Waals surface area contributed by atoms with Crippen molar-refractivity contribution in [1.29, 1.82) is 0 Å². The highest BCUT2D eigenvalue weighted by atomic mass is 16.3. The molecule has 0 saturated carbocycles. The van der Waals surface area contributed by atoms with Crippen molar-refractivity contribution in [3.05, 3.63) is 0 Å². The van der Waals surface area contributed by atoms with Crippen molar-refractivity contribution in [3.63, 3.8) is 0 Å². The standard InChI is InChI=1S/C23H44O/c1-3-5-7-9-11-12-13-14-15-16-18-20-22-23(24)21-19-17-10-8-6-4-2/h23-24H,3-19,21H2,1-2H3/t23-/m0/s1. The summed E-state index contributed by atoms with van der Waals surface area (Å²) in [7, 11) is 0. The third-order valence-corrected chi connectivity index (χ3v) is 4.76. The molecule has 0 aromatic rings. The first kappa shape index (κ1) is 23.5. The van der Waals surface area contributed by atoms with Crippen LogP contribution in [-0.2, 0) is 0 Å². The van der Waals surface area contributed by atoms with Crippen LogP contribution in [0.3, 0.4) is 0 Å². The van der Waals surface area contributed by atoms with Crippen LogP contribution in [0.1, 0.15) is 129 Å². The molecule has 1 N–H and O–H groups in total. The van der Waals surface area contributed by atoms with E-state index in [0.29, 0.717) is 0 Å². The largest absolute Gasteiger partial charge is 0.380 e. The zero-order valence-corrected chi connectivity index (χ0v) is 16.8. The maximum absolute atomic E-state index is 9.84. The van der Waals surface area contributed by atoms with E-state index in [9.17, 15) is 5.11 Å². The molecular weight excluding hydrogens is 292 g/mol. The van der Waals surface area contributed by atoms with Crippen molar-refractivity contribution in [1.82, 2.24) is 0 Å². The number of aliphatic hydroxyl groups excluding tert-OH is 1. The molecule has 0 amide bonds. The van der Waals surface area contributed by atoms with Crippen molar-refractivity contribution >= 4 is 0 Å². The van der Waals surface area contributed by atoms with Gasteiger partial charge in [0.25, 0.3) is 0 Å². The molecule has 1 heteroatoms. The van der Waals surface area contributed by atoms with Crippen LogP contribution in [-0.4, -0.2) is 11.2 Å². The van der Waals surface area contributed by atoms with Crippen molar-refractivity contribution in [2.45, 2.75) is 136 Å². The van der Waals surface area contributed by atoms with E-state index in [2.05, 4.69) is 25.7 Å². The lowest BCUT2D eigenvalue weighted by Gasteiger charge is -2.03. The van der Waals surface area contributed by atoms with Crippen molar-refractivity contribution in [2.75, 3.05) is 0 Å². The van der Waals surface area contributed by atoms with E-state index in [-0.39, 0.29) is 6.10 Å². The van der Waals surface area contributed by atoms with Gasteiger partial charge in [0.1, 0.15) is 6.10 Å². The first-order chi connectivity index (χ1) is 11.8. The van der Waals surface area contributed by atoms with Gasteiger partial charge in [-0.05, 0) is 19.3 Å². The molecule has 0 aliphatic heterocycles. The van der Waals surface area contributed by atoms with E-state index in [1.54, 1.807) is 0 Å². The average molecular weight is 337 g/mol. The maximum atomic E-state index is 9.84. The van der Waals surface area contributed by atoms with Crippen LogP contribution in [0.15, 0.2) is 0 Å². The smallest absolute Gasteiger partial charge is 0.114 e. The minimum Gasteiger partial charge on any atom is -0.380 e. The molecule has 0 radical (unpaired) electrons. The van der Waals surface area contributed by atoms with Gasteiger partial charge in [-0.3, -0.25) is 0 Å².